The molecular formula is C17H15NO3. The largest absolute Gasteiger partial charge is 0.289 e. The summed E-state index contributed by atoms with van der Waals surface area (Å²) in [5.41, 5.74) is 2.60. The number of ketones is 1. The van der Waals surface area contributed by atoms with Crippen molar-refractivity contribution < 1.29 is 9.72 Å². The van der Waals surface area contributed by atoms with Crippen LogP contribution in [-0.4, -0.2) is 10.7 Å². The SMILES string of the molecule is CCc1ccc(C(=O)C=Cc2ccc([N+](=O)[O-])cc2)cc1. The van der Waals surface area contributed by atoms with Crippen LogP contribution in [0.1, 0.15) is 28.4 Å². The van der Waals surface area contributed by atoms with Gasteiger partial charge in [-0.15, -0.1) is 0 Å². The monoisotopic (exact) mass is 281 g/mol. The summed E-state index contributed by atoms with van der Waals surface area (Å²) in [6.45, 7) is 2.06. The van der Waals surface area contributed by atoms with Crippen LogP contribution in [0.4, 0.5) is 5.69 Å². The highest BCUT2D eigenvalue weighted by Crippen LogP contribution is 2.13. The predicted octanol–water partition coefficient (Wildman–Crippen LogP) is 4.05. The zero-order chi connectivity index (χ0) is 15.2. The highest BCUT2D eigenvalue weighted by Gasteiger charge is 2.04. The molecule has 4 nitrogen and oxygen atoms in total. The maximum absolute atomic E-state index is 12.0. The van der Waals surface area contributed by atoms with Gasteiger partial charge in [-0.3, -0.25) is 14.9 Å². The standard InChI is InChI=1S/C17H15NO3/c1-2-13-3-8-15(9-4-13)17(19)12-7-14-5-10-16(11-6-14)18(20)21/h3-12H,2H2,1H3. The Hall–Kier alpha value is -2.75. The molecule has 0 aromatic heterocycles. The fraction of sp³-hybridized carbons (Fsp3) is 0.118. The molecule has 2 aromatic carbocycles. The molecule has 0 unspecified atom stereocenters. The maximum Gasteiger partial charge on any atom is 0.269 e. The van der Waals surface area contributed by atoms with Gasteiger partial charge in [-0.05, 0) is 35.8 Å². The van der Waals surface area contributed by atoms with Gasteiger partial charge >= 0.3 is 0 Å². The van der Waals surface area contributed by atoms with Gasteiger partial charge in [-0.2, -0.15) is 0 Å². The van der Waals surface area contributed by atoms with E-state index >= 15 is 0 Å². The van der Waals surface area contributed by atoms with Gasteiger partial charge in [0.15, 0.2) is 5.78 Å². The smallest absolute Gasteiger partial charge is 0.269 e. The lowest BCUT2D eigenvalue weighted by molar-refractivity contribution is -0.384. The number of non-ortho nitro benzene ring substituents is 1. The van der Waals surface area contributed by atoms with E-state index in [1.54, 1.807) is 30.3 Å². The van der Waals surface area contributed by atoms with Crippen molar-refractivity contribution in [2.45, 2.75) is 13.3 Å². The third kappa shape index (κ3) is 3.86. The molecule has 21 heavy (non-hydrogen) atoms. The van der Waals surface area contributed by atoms with Gasteiger partial charge in [0, 0.05) is 17.7 Å². The van der Waals surface area contributed by atoms with Gasteiger partial charge in [0.1, 0.15) is 0 Å². The second-order valence-electron chi connectivity index (χ2n) is 4.60. The molecule has 0 saturated carbocycles. The summed E-state index contributed by atoms with van der Waals surface area (Å²) in [6, 6.07) is 13.5. The third-order valence-electron chi connectivity index (χ3n) is 3.18. The summed E-state index contributed by atoms with van der Waals surface area (Å²) in [6.07, 6.45) is 4.06. The zero-order valence-corrected chi connectivity index (χ0v) is 11.7. The first-order valence-electron chi connectivity index (χ1n) is 6.66. The number of allylic oxidation sites excluding steroid dienone is 1. The first-order chi connectivity index (χ1) is 10.1. The van der Waals surface area contributed by atoms with Crippen molar-refractivity contribution in [3.63, 3.8) is 0 Å². The Morgan fingerprint density at radius 1 is 1.10 bits per heavy atom. The van der Waals surface area contributed by atoms with Gasteiger partial charge in [0.25, 0.3) is 5.69 Å². The number of hydrogen-bond donors (Lipinski definition) is 0. The molecule has 0 heterocycles. The fourth-order valence-corrected chi connectivity index (χ4v) is 1.88. The summed E-state index contributed by atoms with van der Waals surface area (Å²) in [4.78, 5) is 22.1. The first-order valence-corrected chi connectivity index (χ1v) is 6.66. The van der Waals surface area contributed by atoms with Crippen molar-refractivity contribution in [3.05, 3.63) is 81.4 Å². The van der Waals surface area contributed by atoms with E-state index in [1.165, 1.54) is 23.8 Å². The van der Waals surface area contributed by atoms with E-state index < -0.39 is 4.92 Å². The number of nitro groups is 1. The summed E-state index contributed by atoms with van der Waals surface area (Å²) in [5, 5.41) is 10.5. The number of nitro benzene ring substituents is 1. The first kappa shape index (κ1) is 14.7. The molecule has 0 aliphatic heterocycles. The second-order valence-corrected chi connectivity index (χ2v) is 4.60. The maximum atomic E-state index is 12.0. The van der Waals surface area contributed by atoms with E-state index in [9.17, 15) is 14.9 Å². The number of nitrogens with zero attached hydrogens (tertiary/aromatic N) is 1. The molecule has 2 aromatic rings. The van der Waals surface area contributed by atoms with E-state index in [1.807, 2.05) is 12.1 Å². The molecule has 0 N–H and O–H groups in total. The van der Waals surface area contributed by atoms with E-state index in [0.717, 1.165) is 12.0 Å². The third-order valence-corrected chi connectivity index (χ3v) is 3.18. The van der Waals surface area contributed by atoms with Crippen molar-refractivity contribution >= 4 is 17.5 Å². The Morgan fingerprint density at radius 3 is 2.24 bits per heavy atom. The van der Waals surface area contributed by atoms with Crippen LogP contribution in [0.3, 0.4) is 0 Å². The number of aryl methyl sites for hydroxylation is 1. The molecule has 0 aliphatic carbocycles. The Morgan fingerprint density at radius 2 is 1.71 bits per heavy atom. The highest BCUT2D eigenvalue weighted by molar-refractivity contribution is 6.06. The average Bonchev–Trinajstić information content (AvgIpc) is 2.53. The van der Waals surface area contributed by atoms with Crippen LogP contribution in [0.5, 0.6) is 0 Å². The number of rotatable bonds is 5. The lowest BCUT2D eigenvalue weighted by atomic mass is 10.1. The Labute approximate surface area is 122 Å². The van der Waals surface area contributed by atoms with E-state index in [0.29, 0.717) is 5.56 Å². The van der Waals surface area contributed by atoms with Gasteiger partial charge in [0.05, 0.1) is 4.92 Å². The average molecular weight is 281 g/mol. The van der Waals surface area contributed by atoms with Crippen molar-refractivity contribution in [1.82, 2.24) is 0 Å². The Balaban J connectivity index is 2.08. The fourth-order valence-electron chi connectivity index (χ4n) is 1.88. The van der Waals surface area contributed by atoms with E-state index in [2.05, 4.69) is 6.92 Å². The van der Waals surface area contributed by atoms with Crippen LogP contribution in [0, 0.1) is 10.1 Å². The molecule has 2 rings (SSSR count). The summed E-state index contributed by atoms with van der Waals surface area (Å²) >= 11 is 0. The molecule has 4 heteroatoms. The van der Waals surface area contributed by atoms with Crippen molar-refractivity contribution in [3.8, 4) is 0 Å². The van der Waals surface area contributed by atoms with Gasteiger partial charge in [0.2, 0.25) is 0 Å². The Bertz CT molecular complexity index is 670. The van der Waals surface area contributed by atoms with Crippen LogP contribution in [0.2, 0.25) is 0 Å². The lowest BCUT2D eigenvalue weighted by Crippen LogP contribution is -1.94. The van der Waals surface area contributed by atoms with E-state index in [-0.39, 0.29) is 11.5 Å². The molecular weight excluding hydrogens is 266 g/mol. The van der Waals surface area contributed by atoms with Crippen molar-refractivity contribution in [2.24, 2.45) is 0 Å². The minimum absolute atomic E-state index is 0.0358. The minimum atomic E-state index is -0.450. The molecule has 0 atom stereocenters. The van der Waals surface area contributed by atoms with Crippen LogP contribution < -0.4 is 0 Å². The second kappa shape index (κ2) is 6.61. The molecule has 0 amide bonds. The minimum Gasteiger partial charge on any atom is -0.289 e. The number of benzene rings is 2. The predicted molar refractivity (Wildman–Crippen MR) is 82.3 cm³/mol. The highest BCUT2D eigenvalue weighted by atomic mass is 16.6. The summed E-state index contributed by atoms with van der Waals surface area (Å²) < 4.78 is 0. The molecule has 106 valence electrons. The van der Waals surface area contributed by atoms with E-state index in [4.69, 9.17) is 0 Å². The van der Waals surface area contributed by atoms with Crippen LogP contribution in [0.25, 0.3) is 6.08 Å². The van der Waals surface area contributed by atoms with Gasteiger partial charge in [-0.1, -0.05) is 37.3 Å². The van der Waals surface area contributed by atoms with Crippen molar-refractivity contribution in [2.75, 3.05) is 0 Å². The quantitative estimate of drug-likeness (QED) is 0.359. The number of hydrogen-bond acceptors (Lipinski definition) is 3. The summed E-state index contributed by atoms with van der Waals surface area (Å²) in [7, 11) is 0. The van der Waals surface area contributed by atoms with Crippen LogP contribution >= 0.6 is 0 Å². The van der Waals surface area contributed by atoms with Gasteiger partial charge < -0.3 is 0 Å². The lowest BCUT2D eigenvalue weighted by Gasteiger charge is -1.99. The molecule has 0 aliphatic rings. The summed E-state index contributed by atoms with van der Waals surface area (Å²) in [5.74, 6) is -0.0870. The Kier molecular flexibility index (Phi) is 4.61. The zero-order valence-electron chi connectivity index (χ0n) is 11.7. The molecule has 0 spiro atoms. The molecule has 0 radical (unpaired) electrons. The molecule has 0 saturated heterocycles. The van der Waals surface area contributed by atoms with Crippen LogP contribution in [0.15, 0.2) is 54.6 Å². The van der Waals surface area contributed by atoms with Gasteiger partial charge in [-0.25, -0.2) is 0 Å². The topological polar surface area (TPSA) is 60.2 Å². The molecule has 0 fully saturated rings. The van der Waals surface area contributed by atoms with Crippen LogP contribution in [-0.2, 0) is 6.42 Å². The molecule has 0 bridgehead atoms. The van der Waals surface area contributed by atoms with Crippen molar-refractivity contribution in [1.29, 1.82) is 0 Å². The normalized spacial score (nSPS) is 10.7. The number of carbonyl (C=O) groups is 1. The number of carbonyl (C=O) groups excluding carboxylic acids is 1.